The lowest BCUT2D eigenvalue weighted by molar-refractivity contribution is -0.141. The van der Waals surface area contributed by atoms with Crippen LogP contribution in [0.4, 0.5) is 24.9 Å². The molecule has 0 bridgehead atoms. The normalized spacial score (nSPS) is 20.8. The van der Waals surface area contributed by atoms with Gasteiger partial charge in [-0.15, -0.1) is 0 Å². The van der Waals surface area contributed by atoms with Gasteiger partial charge in [0.25, 0.3) is 0 Å². The number of aliphatic hydroxyl groups excluding tert-OH is 1. The molecular weight excluding hydrogens is 411 g/mol. The fourth-order valence-electron chi connectivity index (χ4n) is 3.75. The van der Waals surface area contributed by atoms with Gasteiger partial charge in [-0.25, -0.2) is 4.98 Å². The second-order valence-electron chi connectivity index (χ2n) is 8.51. The highest BCUT2D eigenvalue weighted by atomic mass is 19.4. The van der Waals surface area contributed by atoms with Crippen LogP contribution in [-0.2, 0) is 12.7 Å². The first-order chi connectivity index (χ1) is 14.5. The largest absolute Gasteiger partial charge is 0.435 e. The summed E-state index contributed by atoms with van der Waals surface area (Å²) in [6.45, 7) is 6.03. The first-order valence-electron chi connectivity index (χ1n) is 10.1. The zero-order chi connectivity index (χ0) is 22.8. The van der Waals surface area contributed by atoms with Crippen LogP contribution in [0.15, 0.2) is 12.3 Å². The summed E-state index contributed by atoms with van der Waals surface area (Å²) in [7, 11) is 0. The molecule has 2 atom stereocenters. The number of aliphatic hydroxyl groups is 1. The summed E-state index contributed by atoms with van der Waals surface area (Å²) >= 11 is 0. The second kappa shape index (κ2) is 8.70. The number of nitrogens with zero attached hydrogens (tertiary/aromatic N) is 5. The number of hydrogen-bond acceptors (Lipinski definition) is 7. The summed E-state index contributed by atoms with van der Waals surface area (Å²) in [5.41, 5.74) is -0.466. The highest BCUT2D eigenvalue weighted by molar-refractivity contribution is 5.54. The third-order valence-corrected chi connectivity index (χ3v) is 5.59. The number of aryl methyl sites for hydroxylation is 1. The third-order valence-electron chi connectivity index (χ3n) is 5.59. The Morgan fingerprint density at radius 2 is 2.10 bits per heavy atom. The average molecular weight is 437 g/mol. The summed E-state index contributed by atoms with van der Waals surface area (Å²) in [5.74, 6) is 0.657. The van der Waals surface area contributed by atoms with Crippen molar-refractivity contribution < 1.29 is 18.3 Å². The Bertz CT molecular complexity index is 965. The smallest absolute Gasteiger partial charge is 0.393 e. The monoisotopic (exact) mass is 437 g/mol. The van der Waals surface area contributed by atoms with Crippen LogP contribution in [0, 0.1) is 23.7 Å². The van der Waals surface area contributed by atoms with Crippen molar-refractivity contribution >= 4 is 11.8 Å². The molecular formula is C20H26F3N7O. The summed E-state index contributed by atoms with van der Waals surface area (Å²) in [4.78, 5) is 8.48. The number of nitrogens with one attached hydrogen (secondary N) is 2. The maximum absolute atomic E-state index is 12.8. The van der Waals surface area contributed by atoms with Gasteiger partial charge in [-0.3, -0.25) is 4.68 Å². The summed E-state index contributed by atoms with van der Waals surface area (Å²) < 4.78 is 39.6. The Hall–Kier alpha value is -2.87. The van der Waals surface area contributed by atoms with Gasteiger partial charge in [0, 0.05) is 18.3 Å². The van der Waals surface area contributed by atoms with E-state index in [1.807, 2.05) is 13.8 Å². The fourth-order valence-corrected chi connectivity index (χ4v) is 3.75. The first kappa shape index (κ1) is 22.8. The molecule has 3 N–H and O–H groups in total. The molecule has 2 aromatic heterocycles. The van der Waals surface area contributed by atoms with Crippen molar-refractivity contribution in [2.45, 2.75) is 64.9 Å². The molecule has 0 aromatic carbocycles. The zero-order valence-electron chi connectivity index (χ0n) is 17.7. The van der Waals surface area contributed by atoms with Crippen LogP contribution in [0.25, 0.3) is 0 Å². The van der Waals surface area contributed by atoms with Gasteiger partial charge in [0.05, 0.1) is 18.8 Å². The van der Waals surface area contributed by atoms with Crippen molar-refractivity contribution in [3.8, 4) is 6.07 Å². The van der Waals surface area contributed by atoms with Gasteiger partial charge in [0.2, 0.25) is 5.95 Å². The van der Waals surface area contributed by atoms with Gasteiger partial charge >= 0.3 is 6.18 Å². The first-order valence-corrected chi connectivity index (χ1v) is 10.1. The lowest BCUT2D eigenvalue weighted by Crippen LogP contribution is -2.41. The lowest BCUT2D eigenvalue weighted by atomic mass is 9.73. The van der Waals surface area contributed by atoms with E-state index in [1.165, 1.54) is 10.9 Å². The number of anilines is 2. The van der Waals surface area contributed by atoms with E-state index in [1.54, 1.807) is 6.92 Å². The molecule has 0 aliphatic heterocycles. The van der Waals surface area contributed by atoms with Crippen LogP contribution in [0.1, 0.15) is 50.1 Å². The predicted molar refractivity (Wildman–Crippen MR) is 108 cm³/mol. The van der Waals surface area contributed by atoms with Crippen molar-refractivity contribution in [2.75, 3.05) is 17.2 Å². The molecule has 3 rings (SSSR count). The van der Waals surface area contributed by atoms with Gasteiger partial charge in [0.1, 0.15) is 17.5 Å². The number of nitriles is 1. The predicted octanol–water partition coefficient (Wildman–Crippen LogP) is 3.34. The molecule has 1 saturated carbocycles. The molecule has 2 aromatic rings. The molecule has 11 heteroatoms. The molecule has 0 saturated heterocycles. The zero-order valence-corrected chi connectivity index (χ0v) is 17.7. The molecule has 0 unspecified atom stereocenters. The van der Waals surface area contributed by atoms with E-state index >= 15 is 0 Å². The van der Waals surface area contributed by atoms with Crippen LogP contribution in [0.5, 0.6) is 0 Å². The second-order valence-corrected chi connectivity index (χ2v) is 8.51. The highest BCUT2D eigenvalue weighted by Crippen LogP contribution is 2.37. The van der Waals surface area contributed by atoms with E-state index in [9.17, 15) is 23.5 Å². The maximum atomic E-state index is 12.8. The Kier molecular flexibility index (Phi) is 6.40. The number of hydrogen-bond donors (Lipinski definition) is 3. The molecule has 0 spiro atoms. The number of alkyl halides is 3. The lowest BCUT2D eigenvalue weighted by Gasteiger charge is -2.40. The molecule has 1 aliphatic carbocycles. The van der Waals surface area contributed by atoms with Crippen LogP contribution in [0.3, 0.4) is 0 Å². The van der Waals surface area contributed by atoms with Crippen LogP contribution >= 0.6 is 0 Å². The number of rotatable bonds is 6. The van der Waals surface area contributed by atoms with Crippen molar-refractivity contribution in [2.24, 2.45) is 5.41 Å². The maximum Gasteiger partial charge on any atom is 0.435 e. The minimum Gasteiger partial charge on any atom is -0.393 e. The van der Waals surface area contributed by atoms with Gasteiger partial charge in [-0.2, -0.15) is 28.5 Å². The van der Waals surface area contributed by atoms with Gasteiger partial charge in [0.15, 0.2) is 5.69 Å². The van der Waals surface area contributed by atoms with E-state index in [-0.39, 0.29) is 36.6 Å². The summed E-state index contributed by atoms with van der Waals surface area (Å²) in [5, 5.41) is 29.4. The summed E-state index contributed by atoms with van der Waals surface area (Å²) in [6.07, 6.45) is -1.31. The average Bonchev–Trinajstić information content (AvgIpc) is 3.06. The van der Waals surface area contributed by atoms with Crippen molar-refractivity contribution in [1.82, 2.24) is 19.7 Å². The Morgan fingerprint density at radius 1 is 1.35 bits per heavy atom. The van der Waals surface area contributed by atoms with Gasteiger partial charge in [-0.05, 0) is 37.7 Å². The molecule has 31 heavy (non-hydrogen) atoms. The number of aromatic nitrogens is 4. The van der Waals surface area contributed by atoms with Gasteiger partial charge < -0.3 is 15.7 Å². The minimum atomic E-state index is -4.48. The SMILES string of the molecule is Cc1cc(C(F)(F)F)nn1CCNc1ncc(C#N)c(N[C@@H]2CC[C@H](O)C(C)(C)C2)n1. The van der Waals surface area contributed by atoms with Gasteiger partial charge in [-0.1, -0.05) is 13.8 Å². The minimum absolute atomic E-state index is 0.0563. The molecule has 1 aliphatic rings. The Labute approximate surface area is 178 Å². The summed E-state index contributed by atoms with van der Waals surface area (Å²) in [6, 6.07) is 3.12. The topological polar surface area (TPSA) is 112 Å². The highest BCUT2D eigenvalue weighted by Gasteiger charge is 2.36. The molecule has 8 nitrogen and oxygen atoms in total. The Balaban J connectivity index is 1.64. The van der Waals surface area contributed by atoms with Crippen LogP contribution in [0.2, 0.25) is 0 Å². The molecule has 2 heterocycles. The van der Waals surface area contributed by atoms with E-state index in [4.69, 9.17) is 0 Å². The van der Waals surface area contributed by atoms with Crippen LogP contribution in [-0.4, -0.2) is 43.5 Å². The van der Waals surface area contributed by atoms with Crippen molar-refractivity contribution in [3.05, 3.63) is 29.2 Å². The quantitative estimate of drug-likeness (QED) is 0.635. The molecule has 0 radical (unpaired) electrons. The van der Waals surface area contributed by atoms with E-state index < -0.39 is 11.9 Å². The van der Waals surface area contributed by atoms with Crippen molar-refractivity contribution in [3.63, 3.8) is 0 Å². The van der Waals surface area contributed by atoms with E-state index in [0.717, 1.165) is 18.9 Å². The van der Waals surface area contributed by atoms with E-state index in [2.05, 4.69) is 31.8 Å². The Morgan fingerprint density at radius 3 is 2.71 bits per heavy atom. The molecule has 1 fully saturated rings. The van der Waals surface area contributed by atoms with Crippen molar-refractivity contribution in [1.29, 1.82) is 5.26 Å². The molecule has 0 amide bonds. The van der Waals surface area contributed by atoms with Crippen LogP contribution < -0.4 is 10.6 Å². The number of halogens is 3. The third kappa shape index (κ3) is 5.44. The van der Waals surface area contributed by atoms with E-state index in [0.29, 0.717) is 23.5 Å². The standard InChI is InChI=1S/C20H26F3N7O/c1-12-8-15(20(21,22)23)29-30(12)7-6-25-18-26-11-13(10-24)17(28-18)27-14-4-5-16(31)19(2,3)9-14/h8,11,14,16,31H,4-7,9H2,1-3H3,(H2,25,26,27,28)/t14-,16+/m1/s1. The fraction of sp³-hybridized carbons (Fsp3) is 0.600. The molecule has 168 valence electrons.